The van der Waals surface area contributed by atoms with Crippen LogP contribution in [0, 0.1) is 5.41 Å². The molecular weight excluding hydrogens is 328 g/mol. The molecule has 2 aliphatic rings. The molecule has 1 atom stereocenters. The van der Waals surface area contributed by atoms with Crippen molar-refractivity contribution in [2.45, 2.75) is 25.4 Å². The second-order valence-corrected chi connectivity index (χ2v) is 7.63. The maximum atomic E-state index is 12.8. The largest absolute Gasteiger partial charge is 0.496 e. The zero-order chi connectivity index (χ0) is 17.3. The Morgan fingerprint density at radius 2 is 2.08 bits per heavy atom. The molecule has 2 saturated heterocycles. The van der Waals surface area contributed by atoms with Gasteiger partial charge in [-0.3, -0.25) is 4.79 Å². The molecule has 0 aromatic heterocycles. The van der Waals surface area contributed by atoms with Gasteiger partial charge in [0.15, 0.2) is 0 Å². The third-order valence-corrected chi connectivity index (χ3v) is 5.54. The maximum absolute atomic E-state index is 12.8. The van der Waals surface area contributed by atoms with Gasteiger partial charge in [0, 0.05) is 31.2 Å². The van der Waals surface area contributed by atoms with Gasteiger partial charge in [0.1, 0.15) is 5.75 Å². The van der Waals surface area contributed by atoms with Crippen LogP contribution in [0.5, 0.6) is 5.75 Å². The van der Waals surface area contributed by atoms with E-state index >= 15 is 0 Å². The zero-order valence-corrected chi connectivity index (χ0v) is 15.1. The van der Waals surface area contributed by atoms with E-state index in [1.165, 1.54) is 0 Å². The zero-order valence-electron chi connectivity index (χ0n) is 14.3. The molecule has 24 heavy (non-hydrogen) atoms. The summed E-state index contributed by atoms with van der Waals surface area (Å²) >= 11 is 5.98. The molecule has 1 spiro atoms. The number of rotatable bonds is 2. The molecule has 1 aromatic rings. The fraction of sp³-hybridized carbons (Fsp3) is 0.611. The molecule has 1 N–H and O–H groups in total. The number of nitrogens with zero attached hydrogens (tertiary/aromatic N) is 2. The summed E-state index contributed by atoms with van der Waals surface area (Å²) in [6.45, 7) is 3.17. The fourth-order valence-electron chi connectivity index (χ4n) is 4.18. The Kier molecular flexibility index (Phi) is 5.04. The van der Waals surface area contributed by atoms with Crippen LogP contribution in [0.2, 0.25) is 5.02 Å². The van der Waals surface area contributed by atoms with Gasteiger partial charge in [-0.1, -0.05) is 11.6 Å². The van der Waals surface area contributed by atoms with Gasteiger partial charge in [0.05, 0.1) is 18.8 Å². The van der Waals surface area contributed by atoms with E-state index < -0.39 is 0 Å². The van der Waals surface area contributed by atoms with Crippen LogP contribution in [0.4, 0.5) is 0 Å². The van der Waals surface area contributed by atoms with E-state index in [4.69, 9.17) is 16.3 Å². The van der Waals surface area contributed by atoms with Crippen LogP contribution in [0.1, 0.15) is 29.6 Å². The van der Waals surface area contributed by atoms with Crippen molar-refractivity contribution in [3.05, 3.63) is 28.8 Å². The summed E-state index contributed by atoms with van der Waals surface area (Å²) in [5, 5.41) is 10.6. The van der Waals surface area contributed by atoms with Crippen LogP contribution in [-0.2, 0) is 0 Å². The molecule has 0 bridgehead atoms. The van der Waals surface area contributed by atoms with Gasteiger partial charge in [-0.05, 0) is 49.9 Å². The lowest BCUT2D eigenvalue weighted by Gasteiger charge is -2.48. The minimum absolute atomic E-state index is 0.0110. The van der Waals surface area contributed by atoms with E-state index in [0.29, 0.717) is 29.4 Å². The van der Waals surface area contributed by atoms with Gasteiger partial charge in [-0.2, -0.15) is 0 Å². The molecule has 0 aliphatic carbocycles. The van der Waals surface area contributed by atoms with E-state index in [-0.39, 0.29) is 17.4 Å². The second kappa shape index (κ2) is 6.90. The van der Waals surface area contributed by atoms with Gasteiger partial charge < -0.3 is 19.6 Å². The first-order chi connectivity index (χ1) is 11.4. The average Bonchev–Trinajstić information content (AvgIpc) is 2.53. The van der Waals surface area contributed by atoms with E-state index in [0.717, 1.165) is 32.4 Å². The number of amides is 1. The monoisotopic (exact) mass is 352 g/mol. The Bertz CT molecular complexity index is 602. The molecule has 1 unspecified atom stereocenters. The van der Waals surface area contributed by atoms with Crippen LogP contribution >= 0.6 is 11.6 Å². The molecule has 0 saturated carbocycles. The number of ether oxygens (including phenoxy) is 1. The number of piperidine rings is 2. The summed E-state index contributed by atoms with van der Waals surface area (Å²) in [5.41, 5.74) is 0.687. The van der Waals surface area contributed by atoms with E-state index in [1.807, 2.05) is 4.90 Å². The summed E-state index contributed by atoms with van der Waals surface area (Å²) in [6, 6.07) is 5.12. The normalized spacial score (nSPS) is 24.2. The first kappa shape index (κ1) is 17.5. The molecule has 3 rings (SSSR count). The third-order valence-electron chi connectivity index (χ3n) is 5.30. The Hall–Kier alpha value is -1.30. The highest BCUT2D eigenvalue weighted by molar-refractivity contribution is 6.30. The van der Waals surface area contributed by atoms with Crippen LogP contribution in [0.15, 0.2) is 18.2 Å². The van der Waals surface area contributed by atoms with Crippen molar-refractivity contribution < 1.29 is 14.6 Å². The van der Waals surface area contributed by atoms with Gasteiger partial charge >= 0.3 is 0 Å². The Labute approximate surface area is 148 Å². The molecule has 2 fully saturated rings. The predicted octanol–water partition coefficient (Wildman–Crippen LogP) is 2.27. The van der Waals surface area contributed by atoms with Gasteiger partial charge in [-0.15, -0.1) is 0 Å². The number of hydrogen-bond acceptors (Lipinski definition) is 4. The molecule has 5 nitrogen and oxygen atoms in total. The van der Waals surface area contributed by atoms with Crippen molar-refractivity contribution in [1.82, 2.24) is 9.80 Å². The molecule has 132 valence electrons. The van der Waals surface area contributed by atoms with E-state index in [1.54, 1.807) is 25.3 Å². The maximum Gasteiger partial charge on any atom is 0.257 e. The number of benzene rings is 1. The summed E-state index contributed by atoms with van der Waals surface area (Å²) < 4.78 is 5.30. The number of carbonyl (C=O) groups is 1. The minimum Gasteiger partial charge on any atom is -0.496 e. The Balaban J connectivity index is 1.69. The van der Waals surface area contributed by atoms with Gasteiger partial charge in [-0.25, -0.2) is 0 Å². The number of aliphatic hydroxyl groups is 1. The van der Waals surface area contributed by atoms with Crippen LogP contribution < -0.4 is 4.74 Å². The third kappa shape index (κ3) is 3.53. The number of halogens is 1. The summed E-state index contributed by atoms with van der Waals surface area (Å²) in [5.74, 6) is 0.503. The number of hydrogen-bond donors (Lipinski definition) is 1. The number of β-amino-alcohol motifs (C(OH)–C–C–N with tert-alkyl or cyclic N) is 1. The predicted molar refractivity (Wildman–Crippen MR) is 93.7 cm³/mol. The highest BCUT2D eigenvalue weighted by atomic mass is 35.5. The van der Waals surface area contributed by atoms with Crippen molar-refractivity contribution in [3.63, 3.8) is 0 Å². The highest BCUT2D eigenvalue weighted by Crippen LogP contribution is 2.40. The number of likely N-dealkylation sites (tertiary alicyclic amines) is 2. The summed E-state index contributed by atoms with van der Waals surface area (Å²) in [7, 11) is 3.60. The molecule has 2 heterocycles. The topological polar surface area (TPSA) is 53.0 Å². The smallest absolute Gasteiger partial charge is 0.257 e. The van der Waals surface area contributed by atoms with Crippen LogP contribution in [0.25, 0.3) is 0 Å². The van der Waals surface area contributed by atoms with E-state index in [9.17, 15) is 9.90 Å². The molecule has 0 radical (unpaired) electrons. The lowest BCUT2D eigenvalue weighted by Crippen LogP contribution is -2.53. The summed E-state index contributed by atoms with van der Waals surface area (Å²) in [4.78, 5) is 16.9. The number of methoxy groups -OCH3 is 1. The van der Waals surface area contributed by atoms with Crippen molar-refractivity contribution in [3.8, 4) is 5.75 Å². The number of aliphatic hydroxyl groups excluding tert-OH is 1. The summed E-state index contributed by atoms with van der Waals surface area (Å²) in [6.07, 6.45) is 2.43. The fourth-order valence-corrected chi connectivity index (χ4v) is 4.35. The van der Waals surface area contributed by atoms with Crippen molar-refractivity contribution in [1.29, 1.82) is 0 Å². The molecule has 6 heteroatoms. The first-order valence-electron chi connectivity index (χ1n) is 8.42. The van der Waals surface area contributed by atoms with E-state index in [2.05, 4.69) is 11.9 Å². The quantitative estimate of drug-likeness (QED) is 0.887. The Morgan fingerprint density at radius 3 is 2.71 bits per heavy atom. The number of likely N-dealkylation sites (N-methyl/N-ethyl adjacent to an activating group) is 1. The SMILES string of the molecule is COc1cc(Cl)ccc1C(=O)N1CCC2(CC1)CC(O)CN(C)C2. The van der Waals surface area contributed by atoms with Crippen LogP contribution in [0.3, 0.4) is 0 Å². The molecule has 1 amide bonds. The molecule has 1 aromatic carbocycles. The van der Waals surface area contributed by atoms with Crippen molar-refractivity contribution >= 4 is 17.5 Å². The van der Waals surface area contributed by atoms with Crippen LogP contribution in [-0.4, -0.2) is 67.3 Å². The lowest BCUT2D eigenvalue weighted by molar-refractivity contribution is -0.0287. The van der Waals surface area contributed by atoms with Crippen molar-refractivity contribution in [2.75, 3.05) is 40.3 Å². The van der Waals surface area contributed by atoms with Gasteiger partial charge in [0.2, 0.25) is 0 Å². The average molecular weight is 353 g/mol. The highest BCUT2D eigenvalue weighted by Gasteiger charge is 2.41. The molecule has 2 aliphatic heterocycles. The molecular formula is C18H25ClN2O3. The standard InChI is InChI=1S/C18H25ClN2O3/c1-20-11-14(22)10-18(12-20)5-7-21(8-6-18)17(23)15-4-3-13(19)9-16(15)24-2/h3-4,9,14,22H,5-8,10-12H2,1-2H3. The minimum atomic E-state index is -0.262. The first-order valence-corrected chi connectivity index (χ1v) is 8.80. The number of carbonyl (C=O) groups excluding carboxylic acids is 1. The Morgan fingerprint density at radius 1 is 1.38 bits per heavy atom. The lowest BCUT2D eigenvalue weighted by atomic mass is 9.71. The second-order valence-electron chi connectivity index (χ2n) is 7.19. The van der Waals surface area contributed by atoms with Gasteiger partial charge in [0.25, 0.3) is 5.91 Å². The van der Waals surface area contributed by atoms with Crippen molar-refractivity contribution in [2.24, 2.45) is 5.41 Å².